The van der Waals surface area contributed by atoms with Gasteiger partial charge in [0.25, 0.3) is 5.91 Å². The van der Waals surface area contributed by atoms with Crippen molar-refractivity contribution in [2.75, 3.05) is 19.6 Å². The van der Waals surface area contributed by atoms with Crippen molar-refractivity contribution in [3.63, 3.8) is 0 Å². The summed E-state index contributed by atoms with van der Waals surface area (Å²) in [7, 11) is 0. The molecule has 1 saturated heterocycles. The molecule has 1 aliphatic heterocycles. The van der Waals surface area contributed by atoms with Gasteiger partial charge in [0, 0.05) is 18.7 Å². The normalized spacial score (nSPS) is 14.0. The van der Waals surface area contributed by atoms with Crippen LogP contribution in [0, 0.1) is 0 Å². The fourth-order valence-electron chi connectivity index (χ4n) is 2.59. The minimum absolute atomic E-state index is 0.0129. The van der Waals surface area contributed by atoms with Crippen molar-refractivity contribution in [2.45, 2.75) is 12.8 Å². The highest BCUT2D eigenvalue weighted by molar-refractivity contribution is 6.33. The van der Waals surface area contributed by atoms with Gasteiger partial charge in [0.15, 0.2) is 5.76 Å². The summed E-state index contributed by atoms with van der Waals surface area (Å²) in [6.45, 7) is 1.53. The Kier molecular flexibility index (Phi) is 4.67. The Bertz CT molecular complexity index is 720. The summed E-state index contributed by atoms with van der Waals surface area (Å²) in [5, 5.41) is 3.15. The number of likely N-dealkylation sites (tertiary alicyclic amines) is 1. The van der Waals surface area contributed by atoms with Crippen LogP contribution in [0.15, 0.2) is 40.8 Å². The van der Waals surface area contributed by atoms with Crippen LogP contribution in [0.3, 0.4) is 0 Å². The number of rotatable bonds is 4. The number of nitrogens with one attached hydrogen (secondary N) is 1. The zero-order valence-electron chi connectivity index (χ0n) is 12.5. The summed E-state index contributed by atoms with van der Waals surface area (Å²) in [4.78, 5) is 25.8. The lowest BCUT2D eigenvalue weighted by Crippen LogP contribution is -2.38. The highest BCUT2D eigenvalue weighted by Gasteiger charge is 2.19. The van der Waals surface area contributed by atoms with Gasteiger partial charge in [-0.1, -0.05) is 23.7 Å². The molecule has 2 amide bonds. The largest absolute Gasteiger partial charge is 0.451 e. The molecule has 0 aliphatic carbocycles. The number of carbonyl (C=O) groups excluding carboxylic acids is 2. The van der Waals surface area contributed by atoms with E-state index in [0.29, 0.717) is 10.8 Å². The number of halogens is 1. The maximum absolute atomic E-state index is 12.1. The van der Waals surface area contributed by atoms with Crippen molar-refractivity contribution < 1.29 is 14.0 Å². The number of furan rings is 1. The summed E-state index contributed by atoms with van der Waals surface area (Å²) in [5.74, 6) is 0.213. The Morgan fingerprint density at radius 2 is 1.87 bits per heavy atom. The highest BCUT2D eigenvalue weighted by Crippen LogP contribution is 2.28. The van der Waals surface area contributed by atoms with E-state index in [4.69, 9.17) is 16.0 Å². The lowest BCUT2D eigenvalue weighted by atomic mass is 10.2. The third-order valence-electron chi connectivity index (χ3n) is 3.83. The number of benzene rings is 1. The first kappa shape index (κ1) is 15.6. The molecule has 1 fully saturated rings. The van der Waals surface area contributed by atoms with E-state index in [-0.39, 0.29) is 18.2 Å². The molecule has 120 valence electrons. The zero-order valence-corrected chi connectivity index (χ0v) is 13.3. The maximum atomic E-state index is 12.1. The van der Waals surface area contributed by atoms with Crippen LogP contribution in [-0.2, 0) is 4.79 Å². The lowest BCUT2D eigenvalue weighted by Gasteiger charge is -2.14. The SMILES string of the molecule is O=C(NCC(=O)N1CCCC1)c1ccc(-c2ccccc2Cl)o1. The standard InChI is InChI=1S/C17H17ClN2O3/c18-13-6-2-1-5-12(13)14-7-8-15(23-14)17(22)19-11-16(21)20-9-3-4-10-20/h1-2,5-8H,3-4,9-11H2,(H,19,22). The highest BCUT2D eigenvalue weighted by atomic mass is 35.5. The van der Waals surface area contributed by atoms with Gasteiger partial charge >= 0.3 is 0 Å². The fraction of sp³-hybridized carbons (Fsp3) is 0.294. The van der Waals surface area contributed by atoms with E-state index in [9.17, 15) is 9.59 Å². The third-order valence-corrected chi connectivity index (χ3v) is 4.16. The Morgan fingerprint density at radius 1 is 1.13 bits per heavy atom. The summed E-state index contributed by atoms with van der Waals surface area (Å²) < 4.78 is 5.55. The number of carbonyl (C=O) groups is 2. The summed E-state index contributed by atoms with van der Waals surface area (Å²) in [6.07, 6.45) is 2.05. The summed E-state index contributed by atoms with van der Waals surface area (Å²) in [5.41, 5.74) is 0.723. The van der Waals surface area contributed by atoms with Gasteiger partial charge < -0.3 is 14.6 Å². The number of hydrogen-bond donors (Lipinski definition) is 1. The molecule has 0 unspecified atom stereocenters. The molecule has 1 N–H and O–H groups in total. The average Bonchev–Trinajstić information content (AvgIpc) is 3.24. The first-order valence-corrected chi connectivity index (χ1v) is 7.93. The predicted octanol–water partition coefficient (Wildman–Crippen LogP) is 2.95. The van der Waals surface area contributed by atoms with E-state index in [1.165, 1.54) is 0 Å². The van der Waals surface area contributed by atoms with E-state index < -0.39 is 5.91 Å². The van der Waals surface area contributed by atoms with Gasteiger partial charge in [-0.25, -0.2) is 0 Å². The molecule has 2 heterocycles. The van der Waals surface area contributed by atoms with E-state index in [2.05, 4.69) is 5.32 Å². The number of nitrogens with zero attached hydrogens (tertiary/aromatic N) is 1. The van der Waals surface area contributed by atoms with E-state index in [0.717, 1.165) is 31.5 Å². The van der Waals surface area contributed by atoms with Crippen LogP contribution in [0.2, 0.25) is 5.02 Å². The summed E-state index contributed by atoms with van der Waals surface area (Å²) in [6, 6.07) is 10.5. The van der Waals surface area contributed by atoms with Crippen LogP contribution in [0.1, 0.15) is 23.4 Å². The van der Waals surface area contributed by atoms with E-state index in [1.807, 2.05) is 18.2 Å². The van der Waals surface area contributed by atoms with Gasteiger partial charge in [-0.05, 0) is 37.1 Å². The van der Waals surface area contributed by atoms with Crippen LogP contribution >= 0.6 is 11.6 Å². The second-order valence-electron chi connectivity index (χ2n) is 5.41. The van der Waals surface area contributed by atoms with Crippen molar-refractivity contribution in [3.05, 3.63) is 47.2 Å². The molecule has 1 aromatic heterocycles. The Labute approximate surface area is 139 Å². The van der Waals surface area contributed by atoms with Crippen molar-refractivity contribution in [1.82, 2.24) is 10.2 Å². The Hall–Kier alpha value is -2.27. The molecule has 1 aromatic carbocycles. The molecular formula is C17H17ClN2O3. The predicted molar refractivity (Wildman–Crippen MR) is 87.3 cm³/mol. The first-order valence-electron chi connectivity index (χ1n) is 7.56. The number of hydrogen-bond acceptors (Lipinski definition) is 3. The number of amides is 2. The minimum Gasteiger partial charge on any atom is -0.451 e. The third kappa shape index (κ3) is 3.56. The molecule has 0 atom stereocenters. The van der Waals surface area contributed by atoms with E-state index >= 15 is 0 Å². The van der Waals surface area contributed by atoms with Gasteiger partial charge in [-0.2, -0.15) is 0 Å². The van der Waals surface area contributed by atoms with Gasteiger partial charge in [0.05, 0.1) is 11.6 Å². The quantitative estimate of drug-likeness (QED) is 0.936. The molecule has 0 radical (unpaired) electrons. The smallest absolute Gasteiger partial charge is 0.287 e. The second kappa shape index (κ2) is 6.87. The first-order chi connectivity index (χ1) is 11.1. The molecule has 0 bridgehead atoms. The van der Waals surface area contributed by atoms with Gasteiger partial charge in [0.2, 0.25) is 5.91 Å². The van der Waals surface area contributed by atoms with Gasteiger partial charge in [0.1, 0.15) is 5.76 Å². The fourth-order valence-corrected chi connectivity index (χ4v) is 2.82. The Morgan fingerprint density at radius 3 is 2.61 bits per heavy atom. The second-order valence-corrected chi connectivity index (χ2v) is 5.82. The van der Waals surface area contributed by atoms with Crippen molar-refractivity contribution in [3.8, 4) is 11.3 Å². The maximum Gasteiger partial charge on any atom is 0.287 e. The van der Waals surface area contributed by atoms with Crippen molar-refractivity contribution >= 4 is 23.4 Å². The topological polar surface area (TPSA) is 62.6 Å². The van der Waals surface area contributed by atoms with Crippen LogP contribution in [0.5, 0.6) is 0 Å². The monoisotopic (exact) mass is 332 g/mol. The molecular weight excluding hydrogens is 316 g/mol. The van der Waals surface area contributed by atoms with Crippen LogP contribution in [-0.4, -0.2) is 36.3 Å². The van der Waals surface area contributed by atoms with Gasteiger partial charge in [-0.3, -0.25) is 9.59 Å². The Balaban J connectivity index is 1.62. The van der Waals surface area contributed by atoms with Crippen LogP contribution in [0.25, 0.3) is 11.3 Å². The van der Waals surface area contributed by atoms with Crippen molar-refractivity contribution in [1.29, 1.82) is 0 Å². The molecule has 3 rings (SSSR count). The molecule has 6 heteroatoms. The van der Waals surface area contributed by atoms with Crippen LogP contribution < -0.4 is 5.32 Å². The molecule has 2 aromatic rings. The molecule has 1 aliphatic rings. The van der Waals surface area contributed by atoms with Crippen LogP contribution in [0.4, 0.5) is 0 Å². The zero-order chi connectivity index (χ0) is 16.2. The molecule has 0 spiro atoms. The summed E-state index contributed by atoms with van der Waals surface area (Å²) >= 11 is 6.11. The lowest BCUT2D eigenvalue weighted by molar-refractivity contribution is -0.129. The molecule has 5 nitrogen and oxygen atoms in total. The van der Waals surface area contributed by atoms with E-state index in [1.54, 1.807) is 23.1 Å². The van der Waals surface area contributed by atoms with Crippen molar-refractivity contribution in [2.24, 2.45) is 0 Å². The average molecular weight is 333 g/mol. The molecule has 0 saturated carbocycles. The molecule has 23 heavy (non-hydrogen) atoms. The van der Waals surface area contributed by atoms with Gasteiger partial charge in [-0.15, -0.1) is 0 Å². The minimum atomic E-state index is -0.407.